The van der Waals surface area contributed by atoms with Crippen molar-refractivity contribution >= 4 is 10.8 Å². The molecule has 1 heterocycles. The van der Waals surface area contributed by atoms with Crippen LogP contribution < -0.4 is 5.32 Å². The molecule has 2 aromatic carbocycles. The first kappa shape index (κ1) is 12.8. The summed E-state index contributed by atoms with van der Waals surface area (Å²) in [5.74, 6) is 1.27. The molecular weight excluding hydrogens is 250 g/mol. The highest BCUT2D eigenvalue weighted by Gasteiger charge is 2.08. The van der Waals surface area contributed by atoms with Crippen LogP contribution >= 0.6 is 0 Å². The molecule has 0 amide bonds. The van der Waals surface area contributed by atoms with Crippen molar-refractivity contribution in [1.82, 2.24) is 15.5 Å². The Morgan fingerprint density at radius 2 is 1.95 bits per heavy atom. The van der Waals surface area contributed by atoms with E-state index in [9.17, 15) is 0 Å². The van der Waals surface area contributed by atoms with Crippen molar-refractivity contribution in [3.05, 3.63) is 48.4 Å². The third kappa shape index (κ3) is 2.70. The summed E-state index contributed by atoms with van der Waals surface area (Å²) in [6.45, 7) is 3.70. The molecule has 0 aliphatic carbocycles. The van der Waals surface area contributed by atoms with E-state index < -0.39 is 0 Å². The predicted octanol–water partition coefficient (Wildman–Crippen LogP) is 3.39. The SMILES string of the molecule is CCCNCc1nc(-c2ccc3ccccc3c2)no1. The highest BCUT2D eigenvalue weighted by Crippen LogP contribution is 2.22. The van der Waals surface area contributed by atoms with E-state index in [1.165, 1.54) is 10.8 Å². The molecule has 0 spiro atoms. The first-order chi connectivity index (χ1) is 9.86. The van der Waals surface area contributed by atoms with Gasteiger partial charge in [0.2, 0.25) is 11.7 Å². The summed E-state index contributed by atoms with van der Waals surface area (Å²) in [4.78, 5) is 4.42. The second-order valence-electron chi connectivity index (χ2n) is 4.75. The van der Waals surface area contributed by atoms with E-state index in [2.05, 4.69) is 46.6 Å². The number of hydrogen-bond acceptors (Lipinski definition) is 4. The van der Waals surface area contributed by atoms with Crippen LogP contribution in [0.4, 0.5) is 0 Å². The Bertz CT molecular complexity index is 706. The van der Waals surface area contributed by atoms with Gasteiger partial charge in [-0.15, -0.1) is 0 Å². The standard InChI is InChI=1S/C16H17N3O/c1-2-9-17-11-15-18-16(19-20-15)14-8-7-12-5-3-4-6-13(12)10-14/h3-8,10,17H,2,9,11H2,1H3. The van der Waals surface area contributed by atoms with Gasteiger partial charge in [-0.1, -0.05) is 48.5 Å². The summed E-state index contributed by atoms with van der Waals surface area (Å²) < 4.78 is 5.25. The van der Waals surface area contributed by atoms with Gasteiger partial charge < -0.3 is 9.84 Å². The van der Waals surface area contributed by atoms with Crippen molar-refractivity contribution < 1.29 is 4.52 Å². The van der Waals surface area contributed by atoms with E-state index >= 15 is 0 Å². The molecule has 1 aromatic heterocycles. The zero-order valence-electron chi connectivity index (χ0n) is 11.5. The Kier molecular flexibility index (Phi) is 3.74. The van der Waals surface area contributed by atoms with E-state index in [0.29, 0.717) is 18.3 Å². The van der Waals surface area contributed by atoms with Gasteiger partial charge in [-0.2, -0.15) is 4.98 Å². The Labute approximate surface area is 117 Å². The molecule has 0 saturated heterocycles. The van der Waals surface area contributed by atoms with E-state index in [1.807, 2.05) is 18.2 Å². The number of benzene rings is 2. The molecular formula is C16H17N3O. The van der Waals surface area contributed by atoms with Crippen LogP contribution in [0.1, 0.15) is 19.2 Å². The van der Waals surface area contributed by atoms with Gasteiger partial charge in [-0.25, -0.2) is 0 Å². The fourth-order valence-corrected chi connectivity index (χ4v) is 2.14. The molecule has 4 nitrogen and oxygen atoms in total. The van der Waals surface area contributed by atoms with E-state index in [4.69, 9.17) is 4.52 Å². The van der Waals surface area contributed by atoms with Crippen LogP contribution in [-0.2, 0) is 6.54 Å². The quantitative estimate of drug-likeness (QED) is 0.720. The summed E-state index contributed by atoms with van der Waals surface area (Å²) in [5, 5.41) is 9.69. The van der Waals surface area contributed by atoms with Gasteiger partial charge in [0.15, 0.2) is 0 Å². The molecule has 3 aromatic rings. The van der Waals surface area contributed by atoms with Gasteiger partial charge in [-0.05, 0) is 29.8 Å². The topological polar surface area (TPSA) is 51.0 Å². The second kappa shape index (κ2) is 5.84. The number of aromatic nitrogens is 2. The molecule has 0 aliphatic heterocycles. The largest absolute Gasteiger partial charge is 0.338 e. The molecule has 102 valence electrons. The summed E-state index contributed by atoms with van der Waals surface area (Å²) in [6, 6.07) is 14.4. The predicted molar refractivity (Wildman–Crippen MR) is 79.2 cm³/mol. The average Bonchev–Trinajstić information content (AvgIpc) is 2.96. The monoisotopic (exact) mass is 267 g/mol. The highest BCUT2D eigenvalue weighted by molar-refractivity contribution is 5.86. The third-order valence-electron chi connectivity index (χ3n) is 3.18. The van der Waals surface area contributed by atoms with Gasteiger partial charge in [0.1, 0.15) is 0 Å². The first-order valence-electron chi connectivity index (χ1n) is 6.89. The molecule has 20 heavy (non-hydrogen) atoms. The van der Waals surface area contributed by atoms with E-state index in [0.717, 1.165) is 18.5 Å². The van der Waals surface area contributed by atoms with Gasteiger partial charge >= 0.3 is 0 Å². The molecule has 4 heteroatoms. The summed E-state index contributed by atoms with van der Waals surface area (Å²) in [7, 11) is 0. The number of fused-ring (bicyclic) bond motifs is 1. The molecule has 0 atom stereocenters. The van der Waals surface area contributed by atoms with Crippen molar-refractivity contribution in [1.29, 1.82) is 0 Å². The molecule has 3 rings (SSSR count). The Balaban J connectivity index is 1.83. The smallest absolute Gasteiger partial charge is 0.240 e. The number of hydrogen-bond donors (Lipinski definition) is 1. The molecule has 1 N–H and O–H groups in total. The van der Waals surface area contributed by atoms with Crippen molar-refractivity contribution in [3.8, 4) is 11.4 Å². The zero-order chi connectivity index (χ0) is 13.8. The molecule has 0 fully saturated rings. The van der Waals surface area contributed by atoms with Gasteiger partial charge in [-0.3, -0.25) is 0 Å². The van der Waals surface area contributed by atoms with Crippen LogP contribution in [0.2, 0.25) is 0 Å². The summed E-state index contributed by atoms with van der Waals surface area (Å²) >= 11 is 0. The van der Waals surface area contributed by atoms with Crippen molar-refractivity contribution in [2.24, 2.45) is 0 Å². The fourth-order valence-electron chi connectivity index (χ4n) is 2.14. The van der Waals surface area contributed by atoms with Gasteiger partial charge in [0, 0.05) is 5.56 Å². The van der Waals surface area contributed by atoms with Crippen LogP contribution in [-0.4, -0.2) is 16.7 Å². The van der Waals surface area contributed by atoms with Crippen LogP contribution in [0.3, 0.4) is 0 Å². The summed E-state index contributed by atoms with van der Waals surface area (Å²) in [6.07, 6.45) is 1.09. The number of rotatable bonds is 5. The van der Waals surface area contributed by atoms with Crippen molar-refractivity contribution in [3.63, 3.8) is 0 Å². The van der Waals surface area contributed by atoms with Crippen molar-refractivity contribution in [2.45, 2.75) is 19.9 Å². The highest BCUT2D eigenvalue weighted by atomic mass is 16.5. The number of nitrogens with zero attached hydrogens (tertiary/aromatic N) is 2. The maximum absolute atomic E-state index is 5.25. The van der Waals surface area contributed by atoms with Crippen LogP contribution in [0.25, 0.3) is 22.2 Å². The molecule has 0 unspecified atom stereocenters. The molecule has 0 radical (unpaired) electrons. The van der Waals surface area contributed by atoms with E-state index in [1.54, 1.807) is 0 Å². The van der Waals surface area contributed by atoms with Gasteiger partial charge in [0.05, 0.1) is 6.54 Å². The average molecular weight is 267 g/mol. The number of nitrogens with one attached hydrogen (secondary N) is 1. The lowest BCUT2D eigenvalue weighted by molar-refractivity contribution is 0.368. The molecule has 0 saturated carbocycles. The van der Waals surface area contributed by atoms with Gasteiger partial charge in [0.25, 0.3) is 0 Å². The fraction of sp³-hybridized carbons (Fsp3) is 0.250. The molecule has 0 aliphatic rings. The van der Waals surface area contributed by atoms with E-state index in [-0.39, 0.29) is 0 Å². The van der Waals surface area contributed by atoms with Crippen LogP contribution in [0.15, 0.2) is 47.0 Å². The molecule has 0 bridgehead atoms. The lowest BCUT2D eigenvalue weighted by atomic mass is 10.1. The summed E-state index contributed by atoms with van der Waals surface area (Å²) in [5.41, 5.74) is 0.981. The first-order valence-corrected chi connectivity index (χ1v) is 6.89. The maximum Gasteiger partial charge on any atom is 0.240 e. The normalized spacial score (nSPS) is 11.1. The Hall–Kier alpha value is -2.20. The third-order valence-corrected chi connectivity index (χ3v) is 3.18. The maximum atomic E-state index is 5.25. The Morgan fingerprint density at radius 1 is 1.10 bits per heavy atom. The minimum Gasteiger partial charge on any atom is -0.338 e. The second-order valence-corrected chi connectivity index (χ2v) is 4.75. The Morgan fingerprint density at radius 3 is 2.80 bits per heavy atom. The van der Waals surface area contributed by atoms with Crippen LogP contribution in [0.5, 0.6) is 0 Å². The lowest BCUT2D eigenvalue weighted by Crippen LogP contribution is -2.13. The lowest BCUT2D eigenvalue weighted by Gasteiger charge is -1.99. The van der Waals surface area contributed by atoms with Crippen molar-refractivity contribution in [2.75, 3.05) is 6.54 Å². The zero-order valence-corrected chi connectivity index (χ0v) is 11.5. The van der Waals surface area contributed by atoms with Crippen LogP contribution in [0, 0.1) is 0 Å². The minimum absolute atomic E-state index is 0.619. The minimum atomic E-state index is 0.619.